The molecule has 88 valence electrons. The molecule has 2 aliphatic carbocycles. The Hall–Kier alpha value is -0.740. The lowest BCUT2D eigenvalue weighted by atomic mass is 9.88. The molecule has 1 N–H and O–H groups in total. The largest absolute Gasteiger partial charge is 0.380 e. The Morgan fingerprint density at radius 3 is 2.94 bits per heavy atom. The van der Waals surface area contributed by atoms with Crippen LogP contribution in [0.3, 0.4) is 0 Å². The van der Waals surface area contributed by atoms with Crippen LogP contribution in [0.15, 0.2) is 11.6 Å². The summed E-state index contributed by atoms with van der Waals surface area (Å²) in [4.78, 5) is 0. The molecule has 0 aromatic rings. The van der Waals surface area contributed by atoms with E-state index in [1.165, 1.54) is 37.7 Å². The van der Waals surface area contributed by atoms with Crippen molar-refractivity contribution in [1.29, 1.82) is 0 Å². The Kier molecular flexibility index (Phi) is 4.07. The summed E-state index contributed by atoms with van der Waals surface area (Å²) in [6.45, 7) is 2.12. The first-order chi connectivity index (χ1) is 7.75. The second-order valence-electron chi connectivity index (χ2n) is 5.32. The van der Waals surface area contributed by atoms with Gasteiger partial charge in [-0.2, -0.15) is 0 Å². The highest BCUT2D eigenvalue weighted by Gasteiger charge is 2.25. The van der Waals surface area contributed by atoms with Crippen molar-refractivity contribution < 1.29 is 5.11 Å². The summed E-state index contributed by atoms with van der Waals surface area (Å²) in [6, 6.07) is 0. The molecule has 0 aromatic heterocycles. The fraction of sp³-hybridized carbons (Fsp3) is 0.733. The third-order valence-corrected chi connectivity index (χ3v) is 4.01. The van der Waals surface area contributed by atoms with Crippen molar-refractivity contribution in [2.24, 2.45) is 11.8 Å². The van der Waals surface area contributed by atoms with Gasteiger partial charge in [-0.15, -0.1) is 5.92 Å². The van der Waals surface area contributed by atoms with Crippen LogP contribution in [0.5, 0.6) is 0 Å². The van der Waals surface area contributed by atoms with Gasteiger partial charge in [0.05, 0.1) is 0 Å². The predicted molar refractivity (Wildman–Crippen MR) is 66.8 cm³/mol. The number of rotatable bonds is 0. The van der Waals surface area contributed by atoms with Gasteiger partial charge in [0.2, 0.25) is 0 Å². The van der Waals surface area contributed by atoms with Gasteiger partial charge in [0.15, 0.2) is 0 Å². The molecule has 2 rings (SSSR count). The molecule has 0 unspecified atom stereocenters. The Bertz CT molecular complexity index is 318. The van der Waals surface area contributed by atoms with Gasteiger partial charge in [0, 0.05) is 12.8 Å². The van der Waals surface area contributed by atoms with Crippen LogP contribution in [0.25, 0.3) is 0 Å². The average Bonchev–Trinajstić information content (AvgIpc) is 2.67. The molecule has 0 spiro atoms. The van der Waals surface area contributed by atoms with Crippen molar-refractivity contribution in [3.05, 3.63) is 11.6 Å². The number of hydrogen-bond donors (Lipinski definition) is 1. The molecule has 2 aliphatic rings. The molecule has 1 fully saturated rings. The molecule has 0 amide bonds. The second kappa shape index (κ2) is 5.55. The van der Waals surface area contributed by atoms with Crippen LogP contribution in [0.1, 0.15) is 51.9 Å². The van der Waals surface area contributed by atoms with Crippen LogP contribution < -0.4 is 0 Å². The van der Waals surface area contributed by atoms with Gasteiger partial charge >= 0.3 is 0 Å². The smallest absolute Gasteiger partial charge is 0.118 e. The summed E-state index contributed by atoms with van der Waals surface area (Å²) in [5, 5.41) is 9.68. The summed E-state index contributed by atoms with van der Waals surface area (Å²) >= 11 is 0. The molecular weight excluding hydrogens is 196 g/mol. The average molecular weight is 218 g/mol. The first-order valence-corrected chi connectivity index (χ1v) is 6.58. The van der Waals surface area contributed by atoms with Gasteiger partial charge in [0.25, 0.3) is 0 Å². The lowest BCUT2D eigenvalue weighted by Crippen LogP contribution is -2.06. The van der Waals surface area contributed by atoms with E-state index in [1.807, 2.05) is 0 Å². The third-order valence-electron chi connectivity index (χ3n) is 4.01. The predicted octanol–water partition coefficient (Wildman–Crippen LogP) is 3.29. The van der Waals surface area contributed by atoms with Crippen LogP contribution in [0.4, 0.5) is 0 Å². The number of allylic oxidation sites excluding steroid dienone is 1. The van der Waals surface area contributed by atoms with Crippen LogP contribution in [-0.4, -0.2) is 11.2 Å². The highest BCUT2D eigenvalue weighted by Crippen LogP contribution is 2.37. The zero-order valence-electron chi connectivity index (χ0n) is 10.2. The van der Waals surface area contributed by atoms with Gasteiger partial charge in [-0.25, -0.2) is 0 Å². The SMILES string of the molecule is C/C1=C\C[C@H]2CCC[C@@H]2CCC#C[C@H](O)C1. The lowest BCUT2D eigenvalue weighted by molar-refractivity contribution is 0.233. The van der Waals surface area contributed by atoms with Gasteiger partial charge in [-0.05, 0) is 38.0 Å². The van der Waals surface area contributed by atoms with Crippen molar-refractivity contribution in [2.75, 3.05) is 0 Å². The minimum Gasteiger partial charge on any atom is -0.380 e. The molecule has 1 nitrogen and oxygen atoms in total. The van der Waals surface area contributed by atoms with E-state index >= 15 is 0 Å². The van der Waals surface area contributed by atoms with Gasteiger partial charge in [0.1, 0.15) is 6.10 Å². The normalized spacial score (nSPS) is 38.6. The number of aliphatic hydroxyl groups excluding tert-OH is 1. The second-order valence-corrected chi connectivity index (χ2v) is 5.32. The lowest BCUT2D eigenvalue weighted by Gasteiger charge is -2.17. The standard InChI is InChI=1S/C15H22O/c1-12-9-10-14-7-4-6-13(14)5-2-3-8-15(16)11-12/h9,13-16H,2,4-7,10-11H2,1H3/b12-9+/t13-,14+,15-/m0/s1. The van der Waals surface area contributed by atoms with E-state index in [0.29, 0.717) is 0 Å². The molecule has 16 heavy (non-hydrogen) atoms. The highest BCUT2D eigenvalue weighted by molar-refractivity contribution is 5.12. The van der Waals surface area contributed by atoms with Crippen molar-refractivity contribution in [3.63, 3.8) is 0 Å². The summed E-state index contributed by atoms with van der Waals surface area (Å²) in [7, 11) is 0. The minimum absolute atomic E-state index is 0.450. The molecule has 0 aliphatic heterocycles. The van der Waals surface area contributed by atoms with E-state index in [0.717, 1.165) is 24.7 Å². The topological polar surface area (TPSA) is 20.2 Å². The molecular formula is C15H22O. The van der Waals surface area contributed by atoms with E-state index in [1.54, 1.807) is 0 Å². The summed E-state index contributed by atoms with van der Waals surface area (Å²) < 4.78 is 0. The van der Waals surface area contributed by atoms with Crippen molar-refractivity contribution in [2.45, 2.75) is 58.0 Å². The quantitative estimate of drug-likeness (QED) is 0.488. The number of fused-ring (bicyclic) bond motifs is 1. The molecule has 0 heterocycles. The van der Waals surface area contributed by atoms with E-state index in [9.17, 15) is 5.11 Å². The number of hydrogen-bond acceptors (Lipinski definition) is 1. The molecule has 0 saturated heterocycles. The first kappa shape index (κ1) is 11.7. The molecule has 0 bridgehead atoms. The van der Waals surface area contributed by atoms with Crippen LogP contribution in [0, 0.1) is 23.7 Å². The molecule has 3 atom stereocenters. The summed E-state index contributed by atoms with van der Waals surface area (Å²) in [5.74, 6) is 7.86. The fourth-order valence-corrected chi connectivity index (χ4v) is 3.04. The Balaban J connectivity index is 2.06. The maximum atomic E-state index is 9.68. The van der Waals surface area contributed by atoms with Gasteiger partial charge in [-0.1, -0.05) is 30.4 Å². The fourth-order valence-electron chi connectivity index (χ4n) is 3.04. The summed E-state index contributed by atoms with van der Waals surface area (Å²) in [6.07, 6.45) is 10.2. The Labute approximate surface area is 98.9 Å². The van der Waals surface area contributed by atoms with Crippen LogP contribution in [0.2, 0.25) is 0 Å². The third kappa shape index (κ3) is 3.12. The van der Waals surface area contributed by atoms with Crippen LogP contribution in [-0.2, 0) is 0 Å². The van der Waals surface area contributed by atoms with E-state index < -0.39 is 6.10 Å². The monoisotopic (exact) mass is 218 g/mol. The van der Waals surface area contributed by atoms with Crippen molar-refractivity contribution >= 4 is 0 Å². The van der Waals surface area contributed by atoms with Crippen molar-refractivity contribution in [3.8, 4) is 11.8 Å². The maximum absolute atomic E-state index is 9.68. The molecule has 1 saturated carbocycles. The van der Waals surface area contributed by atoms with Gasteiger partial charge < -0.3 is 5.11 Å². The van der Waals surface area contributed by atoms with Crippen LogP contribution >= 0.6 is 0 Å². The highest BCUT2D eigenvalue weighted by atomic mass is 16.3. The Morgan fingerprint density at radius 1 is 1.25 bits per heavy atom. The van der Waals surface area contributed by atoms with E-state index in [-0.39, 0.29) is 0 Å². The minimum atomic E-state index is -0.450. The zero-order valence-corrected chi connectivity index (χ0v) is 10.2. The van der Waals surface area contributed by atoms with E-state index in [2.05, 4.69) is 24.8 Å². The Morgan fingerprint density at radius 2 is 2.06 bits per heavy atom. The first-order valence-electron chi connectivity index (χ1n) is 6.58. The molecule has 0 radical (unpaired) electrons. The maximum Gasteiger partial charge on any atom is 0.118 e. The summed E-state index contributed by atoms with van der Waals surface area (Å²) in [5.41, 5.74) is 1.30. The van der Waals surface area contributed by atoms with Crippen molar-refractivity contribution in [1.82, 2.24) is 0 Å². The number of aliphatic hydroxyl groups is 1. The molecule has 1 heteroatoms. The van der Waals surface area contributed by atoms with Gasteiger partial charge in [-0.3, -0.25) is 0 Å². The zero-order chi connectivity index (χ0) is 11.4. The molecule has 0 aromatic carbocycles. The van der Waals surface area contributed by atoms with E-state index in [4.69, 9.17) is 0 Å².